The fourth-order valence-corrected chi connectivity index (χ4v) is 4.29. The van der Waals surface area contributed by atoms with Crippen LogP contribution < -0.4 is 5.32 Å². The molecule has 1 N–H and O–H groups in total. The van der Waals surface area contributed by atoms with Gasteiger partial charge in [-0.05, 0) is 47.7 Å². The van der Waals surface area contributed by atoms with Crippen molar-refractivity contribution in [1.29, 1.82) is 0 Å². The Balaban J connectivity index is 2.11. The van der Waals surface area contributed by atoms with Gasteiger partial charge in [-0.25, -0.2) is 0 Å². The highest BCUT2D eigenvalue weighted by atomic mass is 35.5. The summed E-state index contributed by atoms with van der Waals surface area (Å²) in [5, 5.41) is 4.30. The molecule has 168 valence electrons. The predicted molar refractivity (Wildman–Crippen MR) is 132 cm³/mol. The lowest BCUT2D eigenvalue weighted by Crippen LogP contribution is -2.50. The van der Waals surface area contributed by atoms with Gasteiger partial charge in [-0.2, -0.15) is 0 Å². The van der Waals surface area contributed by atoms with E-state index in [0.717, 1.165) is 11.1 Å². The highest BCUT2D eigenvalue weighted by Gasteiger charge is 2.28. The van der Waals surface area contributed by atoms with Crippen LogP contribution in [0.2, 0.25) is 10.0 Å². The Labute approximate surface area is 199 Å². The molecule has 0 aliphatic heterocycles. The van der Waals surface area contributed by atoms with Gasteiger partial charge in [0.1, 0.15) is 6.04 Å². The fourth-order valence-electron chi connectivity index (χ4n) is 3.09. The molecule has 2 aromatic rings. The summed E-state index contributed by atoms with van der Waals surface area (Å²) in [7, 11) is 0. The van der Waals surface area contributed by atoms with Gasteiger partial charge in [-0.3, -0.25) is 9.59 Å². The van der Waals surface area contributed by atoms with Crippen LogP contribution in [0.25, 0.3) is 0 Å². The Bertz CT molecular complexity index is 859. The van der Waals surface area contributed by atoms with Crippen LogP contribution >= 0.6 is 35.0 Å². The lowest BCUT2D eigenvalue weighted by Gasteiger charge is -2.31. The van der Waals surface area contributed by atoms with E-state index < -0.39 is 6.04 Å². The SMILES string of the molecule is CC[C@@H](C(=O)NCC(C)C)N(Cc1ccc(Cl)cc1)C(=O)CSCc1cccc(Cl)c1. The molecule has 0 aromatic heterocycles. The van der Waals surface area contributed by atoms with Crippen LogP contribution in [-0.4, -0.2) is 35.1 Å². The number of amides is 2. The molecule has 1 atom stereocenters. The molecule has 0 saturated carbocycles. The van der Waals surface area contributed by atoms with E-state index in [0.29, 0.717) is 41.2 Å². The maximum absolute atomic E-state index is 13.2. The first-order valence-electron chi connectivity index (χ1n) is 10.4. The summed E-state index contributed by atoms with van der Waals surface area (Å²) in [6, 6.07) is 14.5. The van der Waals surface area contributed by atoms with Crippen LogP contribution in [0, 0.1) is 5.92 Å². The molecular formula is C24H30Cl2N2O2S. The highest BCUT2D eigenvalue weighted by Crippen LogP contribution is 2.20. The number of hydrogen-bond acceptors (Lipinski definition) is 3. The quantitative estimate of drug-likeness (QED) is 0.441. The van der Waals surface area contributed by atoms with Gasteiger partial charge in [-0.1, -0.05) is 68.2 Å². The average Bonchev–Trinajstić information content (AvgIpc) is 2.73. The first-order chi connectivity index (χ1) is 14.8. The molecule has 7 heteroatoms. The molecule has 0 radical (unpaired) electrons. The maximum Gasteiger partial charge on any atom is 0.242 e. The zero-order chi connectivity index (χ0) is 22.8. The van der Waals surface area contributed by atoms with E-state index in [9.17, 15) is 9.59 Å². The average molecular weight is 481 g/mol. The van der Waals surface area contributed by atoms with Crippen molar-refractivity contribution in [3.63, 3.8) is 0 Å². The van der Waals surface area contributed by atoms with Crippen LogP contribution in [0.5, 0.6) is 0 Å². The normalized spacial score (nSPS) is 11.9. The monoisotopic (exact) mass is 480 g/mol. The van der Waals surface area contributed by atoms with Crippen molar-refractivity contribution in [3.8, 4) is 0 Å². The van der Waals surface area contributed by atoms with Crippen molar-refractivity contribution < 1.29 is 9.59 Å². The molecule has 2 aromatic carbocycles. The zero-order valence-corrected chi connectivity index (χ0v) is 20.6. The number of nitrogens with one attached hydrogen (secondary N) is 1. The molecule has 0 spiro atoms. The molecule has 0 saturated heterocycles. The van der Waals surface area contributed by atoms with Gasteiger partial charge in [0.2, 0.25) is 11.8 Å². The van der Waals surface area contributed by atoms with E-state index in [1.165, 1.54) is 11.8 Å². The highest BCUT2D eigenvalue weighted by molar-refractivity contribution is 7.99. The van der Waals surface area contributed by atoms with Gasteiger partial charge < -0.3 is 10.2 Å². The summed E-state index contributed by atoms with van der Waals surface area (Å²) >= 11 is 13.6. The standard InChI is InChI=1S/C24H30Cl2N2O2S/c1-4-22(24(30)27-13-17(2)3)28(14-18-8-10-20(25)11-9-18)23(29)16-31-15-19-6-5-7-21(26)12-19/h5-12,17,22H,4,13-16H2,1-3H3,(H,27,30)/t22-/m0/s1. The van der Waals surface area contributed by atoms with Gasteiger partial charge in [0, 0.05) is 28.9 Å². The Kier molecular flexibility index (Phi) is 10.7. The topological polar surface area (TPSA) is 49.4 Å². The number of halogens is 2. The van der Waals surface area contributed by atoms with Crippen LogP contribution in [0.1, 0.15) is 38.3 Å². The van der Waals surface area contributed by atoms with Gasteiger partial charge in [0.15, 0.2) is 0 Å². The van der Waals surface area contributed by atoms with E-state index in [2.05, 4.69) is 5.32 Å². The summed E-state index contributed by atoms with van der Waals surface area (Å²) < 4.78 is 0. The number of carbonyl (C=O) groups excluding carboxylic acids is 2. The van der Waals surface area contributed by atoms with Crippen molar-refractivity contribution in [1.82, 2.24) is 10.2 Å². The maximum atomic E-state index is 13.2. The van der Waals surface area contributed by atoms with E-state index in [-0.39, 0.29) is 17.6 Å². The van der Waals surface area contributed by atoms with Crippen LogP contribution in [0.15, 0.2) is 48.5 Å². The van der Waals surface area contributed by atoms with Crippen molar-refractivity contribution >= 4 is 46.8 Å². The van der Waals surface area contributed by atoms with Crippen LogP contribution in [0.3, 0.4) is 0 Å². The zero-order valence-electron chi connectivity index (χ0n) is 18.2. The molecular weight excluding hydrogens is 451 g/mol. The molecule has 2 rings (SSSR count). The first kappa shape index (κ1) is 25.6. The van der Waals surface area contributed by atoms with Crippen molar-refractivity contribution in [2.75, 3.05) is 12.3 Å². The number of hydrogen-bond donors (Lipinski definition) is 1. The minimum absolute atomic E-state index is 0.0616. The third-order valence-electron chi connectivity index (χ3n) is 4.72. The van der Waals surface area contributed by atoms with Crippen molar-refractivity contribution in [2.45, 2.75) is 45.5 Å². The van der Waals surface area contributed by atoms with Gasteiger partial charge in [-0.15, -0.1) is 11.8 Å². The van der Waals surface area contributed by atoms with Crippen LogP contribution in [-0.2, 0) is 21.9 Å². The minimum Gasteiger partial charge on any atom is -0.354 e. The Morgan fingerprint density at radius 1 is 1.03 bits per heavy atom. The van der Waals surface area contributed by atoms with Crippen LogP contribution in [0.4, 0.5) is 0 Å². The second-order valence-corrected chi connectivity index (χ2v) is 9.69. The predicted octanol–water partition coefficient (Wildman–Crippen LogP) is 5.81. The Hall–Kier alpha value is -1.69. The molecule has 0 unspecified atom stereocenters. The number of thioether (sulfide) groups is 1. The molecule has 31 heavy (non-hydrogen) atoms. The Morgan fingerprint density at radius 3 is 2.35 bits per heavy atom. The summed E-state index contributed by atoms with van der Waals surface area (Å²) in [6.07, 6.45) is 0.544. The molecule has 0 aliphatic carbocycles. The smallest absolute Gasteiger partial charge is 0.242 e. The summed E-state index contributed by atoms with van der Waals surface area (Å²) in [5.41, 5.74) is 2.00. The largest absolute Gasteiger partial charge is 0.354 e. The van der Waals surface area contributed by atoms with Gasteiger partial charge in [0.05, 0.1) is 5.75 Å². The minimum atomic E-state index is -0.520. The fraction of sp³-hybridized carbons (Fsp3) is 0.417. The molecule has 0 aliphatic rings. The van der Waals surface area contributed by atoms with E-state index >= 15 is 0 Å². The van der Waals surface area contributed by atoms with E-state index in [1.807, 2.05) is 57.2 Å². The van der Waals surface area contributed by atoms with Crippen molar-refractivity contribution in [2.24, 2.45) is 5.92 Å². The number of benzene rings is 2. The number of nitrogens with zero attached hydrogens (tertiary/aromatic N) is 1. The molecule has 0 bridgehead atoms. The van der Waals surface area contributed by atoms with Gasteiger partial charge >= 0.3 is 0 Å². The van der Waals surface area contributed by atoms with Crippen molar-refractivity contribution in [3.05, 3.63) is 69.7 Å². The number of rotatable bonds is 11. The second kappa shape index (κ2) is 13.0. The Morgan fingerprint density at radius 2 is 1.74 bits per heavy atom. The van der Waals surface area contributed by atoms with Gasteiger partial charge in [0.25, 0.3) is 0 Å². The molecule has 0 heterocycles. The lowest BCUT2D eigenvalue weighted by atomic mass is 10.1. The van der Waals surface area contributed by atoms with E-state index in [1.54, 1.807) is 17.0 Å². The summed E-state index contributed by atoms with van der Waals surface area (Å²) in [6.45, 7) is 6.97. The summed E-state index contributed by atoms with van der Waals surface area (Å²) in [4.78, 5) is 27.7. The molecule has 2 amide bonds. The number of carbonyl (C=O) groups is 2. The second-order valence-electron chi connectivity index (χ2n) is 7.83. The lowest BCUT2D eigenvalue weighted by molar-refractivity contribution is -0.139. The summed E-state index contributed by atoms with van der Waals surface area (Å²) in [5.74, 6) is 1.13. The van der Waals surface area contributed by atoms with E-state index in [4.69, 9.17) is 23.2 Å². The molecule has 0 fully saturated rings. The third-order valence-corrected chi connectivity index (χ3v) is 6.20. The molecule has 4 nitrogen and oxygen atoms in total. The third kappa shape index (κ3) is 8.76. The first-order valence-corrected chi connectivity index (χ1v) is 12.3.